The van der Waals surface area contributed by atoms with Gasteiger partial charge in [0.25, 0.3) is 5.91 Å². The molecule has 24 heavy (non-hydrogen) atoms. The normalized spacial score (nSPS) is 14.1. The highest BCUT2D eigenvalue weighted by Crippen LogP contribution is 2.25. The maximum Gasteiger partial charge on any atom is 0.254 e. The van der Waals surface area contributed by atoms with Crippen LogP contribution in [0.4, 0.5) is 0 Å². The summed E-state index contributed by atoms with van der Waals surface area (Å²) in [4.78, 5) is 14.2. The molecular weight excluding hydrogens is 322 g/mol. The van der Waals surface area contributed by atoms with Crippen LogP contribution in [0, 0.1) is 13.8 Å². The molecule has 0 aliphatic carbocycles. The molecule has 0 aromatic heterocycles. The number of amides is 1. The van der Waals surface area contributed by atoms with Crippen LogP contribution in [0.1, 0.15) is 27.8 Å². The minimum absolute atomic E-state index is 0.116. The van der Waals surface area contributed by atoms with Crippen LogP contribution >= 0.6 is 11.6 Å². The van der Waals surface area contributed by atoms with E-state index in [1.54, 1.807) is 18.3 Å². The third-order valence-electron chi connectivity index (χ3n) is 4.22. The minimum atomic E-state index is -0.116. The average Bonchev–Trinajstić information content (AvgIpc) is 2.89. The van der Waals surface area contributed by atoms with E-state index in [4.69, 9.17) is 11.6 Å². The third kappa shape index (κ3) is 4.02. The Bertz CT molecular complexity index is 770. The summed E-state index contributed by atoms with van der Waals surface area (Å²) in [7, 11) is 0. The van der Waals surface area contributed by atoms with E-state index in [1.807, 2.05) is 12.1 Å². The fourth-order valence-corrected chi connectivity index (χ4v) is 3.08. The second kappa shape index (κ2) is 7.16. The van der Waals surface area contributed by atoms with Crippen LogP contribution in [0.5, 0.6) is 0 Å². The van der Waals surface area contributed by atoms with Gasteiger partial charge < -0.3 is 0 Å². The topological polar surface area (TPSA) is 44.7 Å². The van der Waals surface area contributed by atoms with Crippen LogP contribution in [0.15, 0.2) is 41.5 Å². The monoisotopic (exact) mass is 341 g/mol. The molecule has 2 aromatic rings. The number of carbonyl (C=O) groups is 1. The van der Waals surface area contributed by atoms with E-state index in [2.05, 4.69) is 41.4 Å². The Balaban J connectivity index is 1.53. The lowest BCUT2D eigenvalue weighted by molar-refractivity contribution is -0.122. The summed E-state index contributed by atoms with van der Waals surface area (Å²) < 4.78 is 0. The van der Waals surface area contributed by atoms with Gasteiger partial charge >= 0.3 is 0 Å². The van der Waals surface area contributed by atoms with Gasteiger partial charge in [0.2, 0.25) is 0 Å². The van der Waals surface area contributed by atoms with E-state index in [0.29, 0.717) is 11.6 Å². The lowest BCUT2D eigenvalue weighted by atomic mass is 10.0. The summed E-state index contributed by atoms with van der Waals surface area (Å²) in [5, 5.41) is 4.64. The summed E-state index contributed by atoms with van der Waals surface area (Å²) in [6.45, 7) is 6.19. The maximum absolute atomic E-state index is 12.0. The first-order valence-electron chi connectivity index (χ1n) is 7.90. The predicted molar refractivity (Wildman–Crippen MR) is 97.2 cm³/mol. The molecule has 1 amide bonds. The molecule has 1 N–H and O–H groups in total. The molecule has 0 bridgehead atoms. The maximum atomic E-state index is 12.0. The molecular formula is C19H20ClN3O. The van der Waals surface area contributed by atoms with Gasteiger partial charge in [-0.1, -0.05) is 35.9 Å². The molecule has 0 atom stereocenters. The number of rotatable bonds is 4. The molecule has 1 aliphatic heterocycles. The van der Waals surface area contributed by atoms with Crippen molar-refractivity contribution in [3.8, 4) is 0 Å². The van der Waals surface area contributed by atoms with Crippen LogP contribution in [0.25, 0.3) is 0 Å². The molecule has 1 aliphatic rings. The first-order valence-corrected chi connectivity index (χ1v) is 8.28. The van der Waals surface area contributed by atoms with E-state index in [-0.39, 0.29) is 5.91 Å². The van der Waals surface area contributed by atoms with Gasteiger partial charge in [-0.05, 0) is 53.8 Å². The summed E-state index contributed by atoms with van der Waals surface area (Å²) in [5.74, 6) is -0.116. The van der Waals surface area contributed by atoms with Crippen molar-refractivity contribution in [2.45, 2.75) is 26.9 Å². The Labute approximate surface area is 147 Å². The van der Waals surface area contributed by atoms with Crippen LogP contribution < -0.4 is 5.43 Å². The number of aryl methyl sites for hydroxylation is 2. The number of fused-ring (bicyclic) bond motifs is 1. The zero-order valence-electron chi connectivity index (χ0n) is 13.8. The van der Waals surface area contributed by atoms with E-state index >= 15 is 0 Å². The molecule has 1 heterocycles. The molecule has 0 saturated heterocycles. The van der Waals surface area contributed by atoms with Crippen molar-refractivity contribution in [3.63, 3.8) is 0 Å². The molecule has 0 spiro atoms. The molecule has 0 fully saturated rings. The smallest absolute Gasteiger partial charge is 0.254 e. The zero-order valence-corrected chi connectivity index (χ0v) is 14.6. The fourth-order valence-electron chi connectivity index (χ4n) is 2.88. The van der Waals surface area contributed by atoms with Gasteiger partial charge in [-0.15, -0.1) is 0 Å². The van der Waals surface area contributed by atoms with Gasteiger partial charge in [-0.25, -0.2) is 5.43 Å². The second-order valence-corrected chi connectivity index (χ2v) is 6.63. The van der Waals surface area contributed by atoms with Gasteiger partial charge in [-0.3, -0.25) is 9.69 Å². The Morgan fingerprint density at radius 1 is 1.21 bits per heavy atom. The van der Waals surface area contributed by atoms with Crippen LogP contribution in [0.2, 0.25) is 5.02 Å². The second-order valence-electron chi connectivity index (χ2n) is 6.20. The van der Waals surface area contributed by atoms with Gasteiger partial charge in [0.15, 0.2) is 0 Å². The Morgan fingerprint density at radius 2 is 1.88 bits per heavy atom. The molecule has 5 heteroatoms. The van der Waals surface area contributed by atoms with Gasteiger partial charge in [0, 0.05) is 18.1 Å². The van der Waals surface area contributed by atoms with Crippen molar-refractivity contribution in [1.29, 1.82) is 0 Å². The van der Waals surface area contributed by atoms with E-state index in [1.165, 1.54) is 22.3 Å². The van der Waals surface area contributed by atoms with Crippen LogP contribution in [-0.4, -0.2) is 23.6 Å². The largest absolute Gasteiger partial charge is 0.286 e. The number of nitrogens with one attached hydrogen (secondary N) is 1. The van der Waals surface area contributed by atoms with E-state index < -0.39 is 0 Å². The molecule has 0 radical (unpaired) electrons. The molecule has 124 valence electrons. The van der Waals surface area contributed by atoms with Crippen molar-refractivity contribution in [1.82, 2.24) is 10.3 Å². The highest BCUT2D eigenvalue weighted by molar-refractivity contribution is 6.30. The van der Waals surface area contributed by atoms with Gasteiger partial charge in [0.05, 0.1) is 12.8 Å². The number of benzene rings is 2. The minimum Gasteiger partial charge on any atom is -0.286 e. The molecule has 0 saturated carbocycles. The summed E-state index contributed by atoms with van der Waals surface area (Å²) in [6, 6.07) is 11.8. The quantitative estimate of drug-likeness (QED) is 0.684. The highest BCUT2D eigenvalue weighted by atomic mass is 35.5. The van der Waals surface area contributed by atoms with Crippen molar-refractivity contribution in [2.24, 2.45) is 5.10 Å². The van der Waals surface area contributed by atoms with Crippen LogP contribution in [-0.2, 0) is 17.9 Å². The summed E-state index contributed by atoms with van der Waals surface area (Å²) in [6.07, 6.45) is 1.59. The zero-order chi connectivity index (χ0) is 17.1. The van der Waals surface area contributed by atoms with Gasteiger partial charge in [-0.2, -0.15) is 5.10 Å². The molecule has 4 nitrogen and oxygen atoms in total. The first-order chi connectivity index (χ1) is 11.5. The Kier molecular flexibility index (Phi) is 4.97. The van der Waals surface area contributed by atoms with Crippen molar-refractivity contribution >= 4 is 23.7 Å². The lowest BCUT2D eigenvalue weighted by Gasteiger charge is -2.12. The molecule has 3 rings (SSSR count). The van der Waals surface area contributed by atoms with Gasteiger partial charge in [0.1, 0.15) is 0 Å². The Morgan fingerprint density at radius 3 is 2.50 bits per heavy atom. The number of carbonyl (C=O) groups excluding carboxylic acids is 1. The number of halogens is 1. The summed E-state index contributed by atoms with van der Waals surface area (Å²) >= 11 is 5.91. The predicted octanol–water partition coefficient (Wildman–Crippen LogP) is 3.42. The van der Waals surface area contributed by atoms with Crippen molar-refractivity contribution in [2.75, 3.05) is 6.54 Å². The average molecular weight is 342 g/mol. The Hall–Kier alpha value is -2.17. The van der Waals surface area contributed by atoms with E-state index in [9.17, 15) is 4.79 Å². The number of hydrazone groups is 1. The number of hydrogen-bond donors (Lipinski definition) is 1. The lowest BCUT2D eigenvalue weighted by Crippen LogP contribution is -2.32. The SMILES string of the molecule is Cc1cc2c(cc1C)CN(CC(=O)N/N=C\c1cccc(Cl)c1)C2. The highest BCUT2D eigenvalue weighted by Gasteiger charge is 2.21. The third-order valence-corrected chi connectivity index (χ3v) is 4.46. The van der Waals surface area contributed by atoms with Crippen LogP contribution in [0.3, 0.4) is 0 Å². The molecule has 0 unspecified atom stereocenters. The van der Waals surface area contributed by atoms with Crippen molar-refractivity contribution in [3.05, 3.63) is 69.2 Å². The standard InChI is InChI=1S/C19H20ClN3O/c1-13-6-16-10-23(11-17(16)7-14(13)2)12-19(24)22-21-9-15-4-3-5-18(20)8-15/h3-9H,10-12H2,1-2H3,(H,22,24)/b21-9-. The van der Waals surface area contributed by atoms with E-state index in [0.717, 1.165) is 18.7 Å². The summed E-state index contributed by atoms with van der Waals surface area (Å²) in [5.41, 5.74) is 8.64. The number of hydrogen-bond acceptors (Lipinski definition) is 3. The van der Waals surface area contributed by atoms with Crippen molar-refractivity contribution < 1.29 is 4.79 Å². The molecule has 2 aromatic carbocycles. The fraction of sp³-hybridized carbons (Fsp3) is 0.263. The first kappa shape index (κ1) is 16.7. The number of nitrogens with zero attached hydrogens (tertiary/aromatic N) is 2.